The number of fused-ring (bicyclic) bond motifs is 8. The molecule has 0 fully saturated rings. The van der Waals surface area contributed by atoms with E-state index in [0.717, 1.165) is 83.8 Å². The van der Waals surface area contributed by atoms with Crippen LogP contribution in [0, 0.1) is 0 Å². The lowest BCUT2D eigenvalue weighted by Crippen LogP contribution is -2.15. The highest BCUT2D eigenvalue weighted by atomic mass is 16.5. The summed E-state index contributed by atoms with van der Waals surface area (Å²) in [4.78, 5) is 13.1. The van der Waals surface area contributed by atoms with Gasteiger partial charge in [0.25, 0.3) is 0 Å². The van der Waals surface area contributed by atoms with Crippen LogP contribution in [0.3, 0.4) is 0 Å². The standard InChI is InChI=1S/C54H34N4O/c1-3-14-35(15-4-1)37-17-13-18-40(32-37)53-43-22-9-10-23-45(43)55-54(56-53)58-47-30-27-36-16-7-8-21-42(36)52(47)44-29-26-38(33-48(44)58)39-28-31-51-49(34-39)57(41-19-5-2-6-20-41)46-24-11-12-25-50(46)59-51/h1-34H. The van der Waals surface area contributed by atoms with Crippen LogP contribution >= 0.6 is 0 Å². The molecule has 5 heteroatoms. The fourth-order valence-electron chi connectivity index (χ4n) is 8.83. The zero-order valence-electron chi connectivity index (χ0n) is 31.8. The maximum Gasteiger partial charge on any atom is 0.235 e. The monoisotopic (exact) mass is 754 g/mol. The number of nitrogens with zero attached hydrogens (tertiary/aromatic N) is 4. The van der Waals surface area contributed by atoms with Crippen molar-refractivity contribution in [1.29, 1.82) is 0 Å². The molecule has 9 aromatic carbocycles. The topological polar surface area (TPSA) is 43.2 Å². The van der Waals surface area contributed by atoms with Crippen molar-refractivity contribution in [2.24, 2.45) is 0 Å². The summed E-state index contributed by atoms with van der Waals surface area (Å²) < 4.78 is 8.76. The molecule has 276 valence electrons. The minimum absolute atomic E-state index is 0.627. The van der Waals surface area contributed by atoms with Gasteiger partial charge in [0.2, 0.25) is 5.95 Å². The van der Waals surface area contributed by atoms with E-state index in [4.69, 9.17) is 14.7 Å². The van der Waals surface area contributed by atoms with Crippen molar-refractivity contribution < 1.29 is 4.74 Å². The Morgan fingerprint density at radius 2 is 1.07 bits per heavy atom. The molecule has 0 aliphatic carbocycles. The van der Waals surface area contributed by atoms with Crippen LogP contribution in [-0.2, 0) is 0 Å². The van der Waals surface area contributed by atoms with E-state index < -0.39 is 0 Å². The van der Waals surface area contributed by atoms with E-state index in [1.165, 1.54) is 21.7 Å². The van der Waals surface area contributed by atoms with Gasteiger partial charge in [-0.15, -0.1) is 0 Å². The molecular weight excluding hydrogens is 721 g/mol. The Balaban J connectivity index is 1.09. The number of anilines is 3. The van der Waals surface area contributed by atoms with E-state index in [-0.39, 0.29) is 0 Å². The largest absolute Gasteiger partial charge is 0.453 e. The molecule has 0 radical (unpaired) electrons. The summed E-state index contributed by atoms with van der Waals surface area (Å²) >= 11 is 0. The van der Waals surface area contributed by atoms with E-state index in [2.05, 4.69) is 204 Å². The van der Waals surface area contributed by atoms with Gasteiger partial charge in [0.1, 0.15) is 0 Å². The van der Waals surface area contributed by atoms with Gasteiger partial charge in [-0.1, -0.05) is 146 Å². The first-order chi connectivity index (χ1) is 29.2. The summed E-state index contributed by atoms with van der Waals surface area (Å²) in [7, 11) is 0. The number of hydrogen-bond acceptors (Lipinski definition) is 4. The van der Waals surface area contributed by atoms with Gasteiger partial charge in [-0.2, -0.15) is 0 Å². The number of ether oxygens (including phenoxy) is 1. The summed E-state index contributed by atoms with van der Waals surface area (Å²) in [5.41, 5.74) is 12.4. The smallest absolute Gasteiger partial charge is 0.235 e. The van der Waals surface area contributed by atoms with Crippen LogP contribution in [0.5, 0.6) is 11.5 Å². The van der Waals surface area contributed by atoms with Gasteiger partial charge < -0.3 is 9.64 Å². The summed E-state index contributed by atoms with van der Waals surface area (Å²) in [6.07, 6.45) is 0. The molecule has 0 atom stereocenters. The molecule has 59 heavy (non-hydrogen) atoms. The number of para-hydroxylation sites is 4. The van der Waals surface area contributed by atoms with Crippen LogP contribution in [0.25, 0.3) is 82.9 Å². The second-order valence-electron chi connectivity index (χ2n) is 15.0. The van der Waals surface area contributed by atoms with Crippen molar-refractivity contribution in [2.45, 2.75) is 0 Å². The van der Waals surface area contributed by atoms with Crippen molar-refractivity contribution in [2.75, 3.05) is 4.90 Å². The third-order valence-corrected chi connectivity index (χ3v) is 11.6. The zero-order chi connectivity index (χ0) is 38.9. The van der Waals surface area contributed by atoms with E-state index >= 15 is 0 Å². The molecule has 0 bridgehead atoms. The first kappa shape index (κ1) is 33.2. The number of aromatic nitrogens is 3. The summed E-state index contributed by atoms with van der Waals surface area (Å²) in [5, 5.41) is 5.72. The molecular formula is C54H34N4O. The molecule has 1 aliphatic rings. The minimum atomic E-state index is 0.627. The predicted octanol–water partition coefficient (Wildman–Crippen LogP) is 14.5. The SMILES string of the molecule is c1ccc(-c2cccc(-c3nc(-n4c5cc(-c6ccc7c(c6)N(c6ccccc6)c6ccccc6O7)ccc5c5c6ccccc6ccc54)nc4ccccc34)c2)cc1. The lowest BCUT2D eigenvalue weighted by Gasteiger charge is -2.33. The van der Waals surface area contributed by atoms with Gasteiger partial charge in [0, 0.05) is 27.4 Å². The molecule has 1 aliphatic heterocycles. The molecule has 0 unspecified atom stereocenters. The van der Waals surface area contributed by atoms with Crippen molar-refractivity contribution in [3.63, 3.8) is 0 Å². The number of hydrogen-bond donors (Lipinski definition) is 0. The summed E-state index contributed by atoms with van der Waals surface area (Å²) in [5.74, 6) is 2.27. The Labute approximate surface area is 340 Å². The highest BCUT2D eigenvalue weighted by Gasteiger charge is 2.27. The van der Waals surface area contributed by atoms with Crippen LogP contribution in [0.4, 0.5) is 17.1 Å². The molecule has 11 aromatic rings. The lowest BCUT2D eigenvalue weighted by atomic mass is 9.99. The average Bonchev–Trinajstić information content (AvgIpc) is 3.65. The highest BCUT2D eigenvalue weighted by Crippen LogP contribution is 2.51. The fourth-order valence-corrected chi connectivity index (χ4v) is 8.83. The Bertz CT molecular complexity index is 3430. The molecule has 0 saturated carbocycles. The van der Waals surface area contributed by atoms with Crippen LogP contribution in [-0.4, -0.2) is 14.5 Å². The summed E-state index contributed by atoms with van der Waals surface area (Å²) in [6.45, 7) is 0. The van der Waals surface area contributed by atoms with Crippen molar-refractivity contribution in [1.82, 2.24) is 14.5 Å². The molecule has 3 heterocycles. The average molecular weight is 755 g/mol. The first-order valence-electron chi connectivity index (χ1n) is 19.9. The van der Waals surface area contributed by atoms with Crippen molar-refractivity contribution >= 4 is 60.5 Å². The zero-order valence-corrected chi connectivity index (χ0v) is 31.8. The van der Waals surface area contributed by atoms with Crippen LogP contribution in [0.2, 0.25) is 0 Å². The first-order valence-corrected chi connectivity index (χ1v) is 19.9. The lowest BCUT2D eigenvalue weighted by molar-refractivity contribution is 0.477. The molecule has 0 amide bonds. The van der Waals surface area contributed by atoms with Gasteiger partial charge in [-0.3, -0.25) is 4.57 Å². The third kappa shape index (κ3) is 5.40. The Morgan fingerprint density at radius 3 is 1.97 bits per heavy atom. The second-order valence-corrected chi connectivity index (χ2v) is 15.0. The Kier molecular flexibility index (Phi) is 7.47. The van der Waals surface area contributed by atoms with E-state index in [0.29, 0.717) is 5.95 Å². The predicted molar refractivity (Wildman–Crippen MR) is 242 cm³/mol. The molecule has 5 nitrogen and oxygen atoms in total. The van der Waals surface area contributed by atoms with Gasteiger partial charge in [0.05, 0.1) is 33.6 Å². The highest BCUT2D eigenvalue weighted by molar-refractivity contribution is 6.21. The number of benzene rings is 9. The quantitative estimate of drug-likeness (QED) is 0.175. The van der Waals surface area contributed by atoms with Crippen LogP contribution in [0.15, 0.2) is 206 Å². The van der Waals surface area contributed by atoms with Crippen molar-refractivity contribution in [3.05, 3.63) is 206 Å². The maximum atomic E-state index is 6.50. The second kappa shape index (κ2) is 13.3. The third-order valence-electron chi connectivity index (χ3n) is 11.6. The van der Waals surface area contributed by atoms with Crippen molar-refractivity contribution in [3.8, 4) is 51.0 Å². The minimum Gasteiger partial charge on any atom is -0.453 e. The molecule has 0 saturated heterocycles. The van der Waals surface area contributed by atoms with Gasteiger partial charge in [0.15, 0.2) is 11.5 Å². The van der Waals surface area contributed by atoms with E-state index in [1.54, 1.807) is 0 Å². The molecule has 0 N–H and O–H groups in total. The van der Waals surface area contributed by atoms with Gasteiger partial charge in [-0.05, 0) is 93.7 Å². The fraction of sp³-hybridized carbons (Fsp3) is 0. The van der Waals surface area contributed by atoms with E-state index in [9.17, 15) is 0 Å². The van der Waals surface area contributed by atoms with E-state index in [1.807, 2.05) is 12.1 Å². The Morgan fingerprint density at radius 1 is 0.390 bits per heavy atom. The van der Waals surface area contributed by atoms with Crippen LogP contribution < -0.4 is 9.64 Å². The van der Waals surface area contributed by atoms with Gasteiger partial charge >= 0.3 is 0 Å². The Hall–Kier alpha value is -8.02. The maximum absolute atomic E-state index is 6.50. The molecule has 12 rings (SSSR count). The number of rotatable bonds is 5. The molecule has 0 spiro atoms. The normalized spacial score (nSPS) is 12.2. The summed E-state index contributed by atoms with van der Waals surface area (Å²) in [6, 6.07) is 72.6. The van der Waals surface area contributed by atoms with Crippen LogP contribution in [0.1, 0.15) is 0 Å². The van der Waals surface area contributed by atoms with Gasteiger partial charge in [-0.25, -0.2) is 9.97 Å². The molecule has 2 aromatic heterocycles.